The van der Waals surface area contributed by atoms with Crippen LogP contribution in [0.25, 0.3) is 0 Å². The monoisotopic (exact) mass is 210 g/mol. The van der Waals surface area contributed by atoms with E-state index in [1.54, 1.807) is 6.07 Å². The summed E-state index contributed by atoms with van der Waals surface area (Å²) in [7, 11) is 0. The topological polar surface area (TPSA) is 79.0 Å². The van der Waals surface area contributed by atoms with E-state index in [1.165, 1.54) is 0 Å². The molecule has 0 bridgehead atoms. The summed E-state index contributed by atoms with van der Waals surface area (Å²) in [6.45, 7) is 3.79. The Morgan fingerprint density at radius 2 is 2.60 bits per heavy atom. The van der Waals surface area contributed by atoms with Crippen LogP contribution in [0.2, 0.25) is 0 Å². The number of nitrogens with zero attached hydrogens (tertiary/aromatic N) is 1. The Balaban J connectivity index is 1.91. The van der Waals surface area contributed by atoms with Gasteiger partial charge in [-0.15, -0.1) is 0 Å². The molecule has 1 aliphatic heterocycles. The third kappa shape index (κ3) is 2.54. The van der Waals surface area contributed by atoms with Crippen molar-refractivity contribution in [1.82, 2.24) is 15.5 Å². The van der Waals surface area contributed by atoms with Crippen molar-refractivity contribution in [3.05, 3.63) is 11.8 Å². The van der Waals surface area contributed by atoms with Gasteiger partial charge in [-0.05, 0) is 6.92 Å². The molecular formula is C9H14N4O2. The molecule has 0 aliphatic carbocycles. The molecule has 3 N–H and O–H groups in total. The Hall–Kier alpha value is -1.40. The van der Waals surface area contributed by atoms with E-state index in [-0.39, 0.29) is 5.91 Å². The second-order valence-corrected chi connectivity index (χ2v) is 3.49. The zero-order valence-corrected chi connectivity index (χ0v) is 8.54. The fraction of sp³-hybridized carbons (Fsp3) is 0.556. The first-order chi connectivity index (χ1) is 7.25. The van der Waals surface area contributed by atoms with Gasteiger partial charge in [-0.2, -0.15) is 5.10 Å². The van der Waals surface area contributed by atoms with Crippen LogP contribution in [-0.4, -0.2) is 41.9 Å². The van der Waals surface area contributed by atoms with E-state index in [0.717, 1.165) is 12.2 Å². The van der Waals surface area contributed by atoms with E-state index in [1.807, 2.05) is 6.92 Å². The maximum atomic E-state index is 11.6. The minimum atomic E-state index is -0.421. The van der Waals surface area contributed by atoms with Crippen LogP contribution in [0.4, 0.5) is 5.82 Å². The summed E-state index contributed by atoms with van der Waals surface area (Å²) in [5.41, 5.74) is 0.910. The van der Waals surface area contributed by atoms with E-state index in [0.29, 0.717) is 19.0 Å². The van der Waals surface area contributed by atoms with Gasteiger partial charge in [0, 0.05) is 24.8 Å². The predicted molar refractivity (Wildman–Crippen MR) is 54.6 cm³/mol. The molecular weight excluding hydrogens is 196 g/mol. The smallest absolute Gasteiger partial charge is 0.256 e. The summed E-state index contributed by atoms with van der Waals surface area (Å²) in [6.07, 6.45) is -0.421. The van der Waals surface area contributed by atoms with Gasteiger partial charge in [0.1, 0.15) is 6.10 Å². The van der Waals surface area contributed by atoms with Gasteiger partial charge in [-0.25, -0.2) is 0 Å². The molecule has 1 fully saturated rings. The number of rotatable bonds is 2. The lowest BCUT2D eigenvalue weighted by Crippen LogP contribution is -2.45. The highest BCUT2D eigenvalue weighted by Gasteiger charge is 2.22. The van der Waals surface area contributed by atoms with Gasteiger partial charge in [0.15, 0.2) is 5.82 Å². The number of aromatic nitrogens is 2. The molecule has 1 aromatic rings. The first kappa shape index (κ1) is 10.1. The highest BCUT2D eigenvalue weighted by Crippen LogP contribution is 2.06. The lowest BCUT2D eigenvalue weighted by Gasteiger charge is -2.22. The molecule has 1 saturated heterocycles. The maximum Gasteiger partial charge on any atom is 0.256 e. The Morgan fingerprint density at radius 3 is 3.20 bits per heavy atom. The molecule has 15 heavy (non-hydrogen) atoms. The second-order valence-electron chi connectivity index (χ2n) is 3.49. The van der Waals surface area contributed by atoms with E-state index in [4.69, 9.17) is 4.74 Å². The van der Waals surface area contributed by atoms with Crippen molar-refractivity contribution in [3.8, 4) is 0 Å². The Bertz CT molecular complexity index is 344. The van der Waals surface area contributed by atoms with E-state index >= 15 is 0 Å². The van der Waals surface area contributed by atoms with Crippen molar-refractivity contribution < 1.29 is 9.53 Å². The summed E-state index contributed by atoms with van der Waals surface area (Å²) < 4.78 is 5.31. The highest BCUT2D eigenvalue weighted by molar-refractivity contribution is 5.93. The average molecular weight is 210 g/mol. The third-order valence-electron chi connectivity index (χ3n) is 2.18. The number of morpholine rings is 1. The molecule has 0 radical (unpaired) electrons. The molecule has 1 atom stereocenters. The number of H-pyrrole nitrogens is 1. The van der Waals surface area contributed by atoms with Crippen molar-refractivity contribution >= 4 is 11.7 Å². The number of hydrogen-bond donors (Lipinski definition) is 3. The fourth-order valence-corrected chi connectivity index (χ4v) is 1.42. The zero-order chi connectivity index (χ0) is 10.7. The summed E-state index contributed by atoms with van der Waals surface area (Å²) in [6, 6.07) is 1.77. The molecule has 2 heterocycles. The van der Waals surface area contributed by atoms with Crippen LogP contribution in [-0.2, 0) is 9.53 Å². The third-order valence-corrected chi connectivity index (χ3v) is 2.18. The summed E-state index contributed by atoms with van der Waals surface area (Å²) in [5, 5.41) is 12.5. The minimum absolute atomic E-state index is 0.159. The fourth-order valence-electron chi connectivity index (χ4n) is 1.42. The Morgan fingerprint density at radius 1 is 1.73 bits per heavy atom. The molecule has 0 aromatic carbocycles. The first-order valence-electron chi connectivity index (χ1n) is 4.91. The molecule has 1 unspecified atom stereocenters. The number of ether oxygens (including phenoxy) is 1. The number of anilines is 1. The van der Waals surface area contributed by atoms with Crippen molar-refractivity contribution in [1.29, 1.82) is 0 Å². The van der Waals surface area contributed by atoms with Crippen LogP contribution in [0.3, 0.4) is 0 Å². The van der Waals surface area contributed by atoms with Crippen molar-refractivity contribution in [2.24, 2.45) is 0 Å². The average Bonchev–Trinajstić information content (AvgIpc) is 2.65. The number of hydrogen-bond acceptors (Lipinski definition) is 4. The number of carbonyl (C=O) groups is 1. The number of amides is 1. The van der Waals surface area contributed by atoms with E-state index < -0.39 is 6.10 Å². The van der Waals surface area contributed by atoms with Gasteiger partial charge >= 0.3 is 0 Å². The Labute approximate surface area is 87.4 Å². The largest absolute Gasteiger partial charge is 0.366 e. The molecule has 1 aliphatic rings. The summed E-state index contributed by atoms with van der Waals surface area (Å²) in [5.74, 6) is 0.375. The molecule has 6 heteroatoms. The lowest BCUT2D eigenvalue weighted by atomic mass is 10.3. The summed E-state index contributed by atoms with van der Waals surface area (Å²) in [4.78, 5) is 11.6. The van der Waals surface area contributed by atoms with Crippen LogP contribution in [0.1, 0.15) is 5.69 Å². The van der Waals surface area contributed by atoms with Gasteiger partial charge in [-0.3, -0.25) is 9.89 Å². The lowest BCUT2D eigenvalue weighted by molar-refractivity contribution is -0.128. The zero-order valence-electron chi connectivity index (χ0n) is 8.54. The van der Waals surface area contributed by atoms with Crippen molar-refractivity contribution in [3.63, 3.8) is 0 Å². The number of aryl methyl sites for hydroxylation is 1. The molecule has 1 amide bonds. The summed E-state index contributed by atoms with van der Waals surface area (Å²) >= 11 is 0. The molecule has 82 valence electrons. The van der Waals surface area contributed by atoms with E-state index in [2.05, 4.69) is 20.8 Å². The van der Waals surface area contributed by atoms with Crippen molar-refractivity contribution in [2.75, 3.05) is 25.0 Å². The maximum absolute atomic E-state index is 11.6. The predicted octanol–water partition coefficient (Wildman–Crippen LogP) is -0.355. The molecule has 0 spiro atoms. The number of nitrogens with one attached hydrogen (secondary N) is 3. The normalized spacial score (nSPS) is 21.3. The van der Waals surface area contributed by atoms with Gasteiger partial charge in [0.2, 0.25) is 0 Å². The van der Waals surface area contributed by atoms with Crippen molar-refractivity contribution in [2.45, 2.75) is 13.0 Å². The molecule has 1 aromatic heterocycles. The highest BCUT2D eigenvalue weighted by atomic mass is 16.5. The first-order valence-corrected chi connectivity index (χ1v) is 4.91. The quantitative estimate of drug-likeness (QED) is 0.623. The van der Waals surface area contributed by atoms with Crippen LogP contribution in [0.15, 0.2) is 6.07 Å². The van der Waals surface area contributed by atoms with Gasteiger partial charge in [-0.1, -0.05) is 0 Å². The van der Waals surface area contributed by atoms with Crippen LogP contribution in [0, 0.1) is 6.92 Å². The minimum Gasteiger partial charge on any atom is -0.366 e. The van der Waals surface area contributed by atoms with Crippen LogP contribution >= 0.6 is 0 Å². The standard InChI is InChI=1S/C9H14N4O2/c1-6-4-8(13-12-6)11-9(14)7-5-10-2-3-15-7/h4,7,10H,2-3,5H2,1H3,(H2,11,12,13,14). The molecule has 6 nitrogen and oxygen atoms in total. The Kier molecular flexibility index (Phi) is 2.98. The van der Waals surface area contributed by atoms with Gasteiger partial charge in [0.25, 0.3) is 5.91 Å². The van der Waals surface area contributed by atoms with Crippen LogP contribution < -0.4 is 10.6 Å². The molecule has 2 rings (SSSR count). The van der Waals surface area contributed by atoms with Gasteiger partial charge in [0.05, 0.1) is 6.61 Å². The van der Waals surface area contributed by atoms with Crippen LogP contribution in [0.5, 0.6) is 0 Å². The molecule has 0 saturated carbocycles. The number of aromatic amines is 1. The SMILES string of the molecule is Cc1cc(NC(=O)C2CNCCO2)n[nH]1. The van der Waals surface area contributed by atoms with E-state index in [9.17, 15) is 4.79 Å². The van der Waals surface area contributed by atoms with Gasteiger partial charge < -0.3 is 15.4 Å². The number of carbonyl (C=O) groups excluding carboxylic acids is 1. The second kappa shape index (κ2) is 4.41.